The van der Waals surface area contributed by atoms with Crippen molar-refractivity contribution in [1.82, 2.24) is 14.9 Å². The number of carbonyl (C=O) groups excluding carboxylic acids is 1. The molecule has 1 aromatic carbocycles. The number of rotatable bonds is 4. The lowest BCUT2D eigenvalue weighted by Crippen LogP contribution is -2.39. The van der Waals surface area contributed by atoms with E-state index in [0.29, 0.717) is 11.6 Å². The molecule has 3 heterocycles. The molecule has 4 rings (SSSR count). The lowest BCUT2D eigenvalue weighted by molar-refractivity contribution is 0.0676. The molecule has 0 N–H and O–H groups in total. The molecule has 28 heavy (non-hydrogen) atoms. The van der Waals surface area contributed by atoms with Crippen molar-refractivity contribution in [3.05, 3.63) is 54.0 Å². The summed E-state index contributed by atoms with van der Waals surface area (Å²) in [7, 11) is 0. The SMILES string of the molecule is CC1CCCN(C(=O)c2cnc(N3CCC(Cc4ccccc4)CC3)cn2)C1. The zero-order valence-corrected chi connectivity index (χ0v) is 16.8. The van der Waals surface area contributed by atoms with Crippen molar-refractivity contribution in [2.24, 2.45) is 11.8 Å². The van der Waals surface area contributed by atoms with Gasteiger partial charge in [0.05, 0.1) is 12.4 Å². The molecule has 0 spiro atoms. The van der Waals surface area contributed by atoms with E-state index in [1.54, 1.807) is 12.4 Å². The summed E-state index contributed by atoms with van der Waals surface area (Å²) in [5, 5.41) is 0. The molecule has 0 radical (unpaired) electrons. The monoisotopic (exact) mass is 378 g/mol. The van der Waals surface area contributed by atoms with Gasteiger partial charge in [-0.3, -0.25) is 4.79 Å². The normalized spacial score (nSPS) is 21.0. The predicted octanol–water partition coefficient (Wildman–Crippen LogP) is 3.81. The van der Waals surface area contributed by atoms with Crippen molar-refractivity contribution in [3.8, 4) is 0 Å². The standard InChI is InChI=1S/C23H30N4O/c1-18-6-5-11-27(17-18)23(28)21-15-25-22(16-24-21)26-12-9-20(10-13-26)14-19-7-3-2-4-8-19/h2-4,7-8,15-16,18,20H,5-6,9-14,17H2,1H3. The number of amides is 1. The summed E-state index contributed by atoms with van der Waals surface area (Å²) in [6.45, 7) is 5.88. The van der Waals surface area contributed by atoms with E-state index in [4.69, 9.17) is 0 Å². The molecule has 2 aromatic rings. The number of nitrogens with zero attached hydrogens (tertiary/aromatic N) is 4. The van der Waals surface area contributed by atoms with E-state index in [1.807, 2.05) is 4.90 Å². The van der Waals surface area contributed by atoms with E-state index in [2.05, 4.69) is 52.1 Å². The number of aromatic nitrogens is 2. The Labute approximate surface area is 167 Å². The van der Waals surface area contributed by atoms with Crippen LogP contribution in [0.3, 0.4) is 0 Å². The van der Waals surface area contributed by atoms with Gasteiger partial charge in [0, 0.05) is 26.2 Å². The van der Waals surface area contributed by atoms with Gasteiger partial charge in [-0.1, -0.05) is 37.3 Å². The van der Waals surface area contributed by atoms with Crippen LogP contribution in [0.5, 0.6) is 0 Å². The molecule has 5 heteroatoms. The molecular formula is C23H30N4O. The quantitative estimate of drug-likeness (QED) is 0.812. The minimum absolute atomic E-state index is 0.0205. The largest absolute Gasteiger partial charge is 0.355 e. The van der Waals surface area contributed by atoms with Gasteiger partial charge in [0.2, 0.25) is 0 Å². The second-order valence-electron chi connectivity index (χ2n) is 8.38. The van der Waals surface area contributed by atoms with Crippen LogP contribution in [0.2, 0.25) is 0 Å². The van der Waals surface area contributed by atoms with Crippen LogP contribution in [-0.4, -0.2) is 47.0 Å². The highest BCUT2D eigenvalue weighted by Crippen LogP contribution is 2.24. The summed E-state index contributed by atoms with van der Waals surface area (Å²) < 4.78 is 0. The van der Waals surface area contributed by atoms with Crippen molar-refractivity contribution < 1.29 is 4.79 Å². The van der Waals surface area contributed by atoms with Gasteiger partial charge in [-0.25, -0.2) is 9.97 Å². The fourth-order valence-electron chi connectivity index (χ4n) is 4.44. The molecule has 0 aliphatic carbocycles. The third kappa shape index (κ3) is 4.51. The first-order valence-corrected chi connectivity index (χ1v) is 10.6. The first kappa shape index (κ1) is 18.9. The van der Waals surface area contributed by atoms with Crippen LogP contribution in [0.15, 0.2) is 42.7 Å². The maximum absolute atomic E-state index is 12.7. The van der Waals surface area contributed by atoms with Gasteiger partial charge in [-0.05, 0) is 49.5 Å². The second-order valence-corrected chi connectivity index (χ2v) is 8.38. The molecule has 2 aliphatic heterocycles. The van der Waals surface area contributed by atoms with Crippen LogP contribution in [0.25, 0.3) is 0 Å². The van der Waals surface area contributed by atoms with Gasteiger partial charge in [0.1, 0.15) is 11.5 Å². The first-order valence-electron chi connectivity index (χ1n) is 10.6. The highest BCUT2D eigenvalue weighted by molar-refractivity contribution is 5.92. The van der Waals surface area contributed by atoms with Gasteiger partial charge in [-0.15, -0.1) is 0 Å². The number of hydrogen-bond donors (Lipinski definition) is 0. The minimum Gasteiger partial charge on any atom is -0.355 e. The van der Waals surface area contributed by atoms with Crippen LogP contribution >= 0.6 is 0 Å². The number of piperidine rings is 2. The highest BCUT2D eigenvalue weighted by atomic mass is 16.2. The summed E-state index contributed by atoms with van der Waals surface area (Å²) in [5.74, 6) is 2.21. The number of benzene rings is 1. The molecule has 2 fully saturated rings. The summed E-state index contributed by atoms with van der Waals surface area (Å²) in [5.41, 5.74) is 1.90. The minimum atomic E-state index is 0.0205. The van der Waals surface area contributed by atoms with E-state index in [9.17, 15) is 4.79 Å². The number of hydrogen-bond acceptors (Lipinski definition) is 4. The fourth-order valence-corrected chi connectivity index (χ4v) is 4.44. The van der Waals surface area contributed by atoms with Crippen LogP contribution in [0, 0.1) is 11.8 Å². The number of anilines is 1. The Morgan fingerprint density at radius 3 is 2.50 bits per heavy atom. The summed E-state index contributed by atoms with van der Waals surface area (Å²) in [4.78, 5) is 25.9. The van der Waals surface area contributed by atoms with Crippen molar-refractivity contribution in [2.45, 2.75) is 39.0 Å². The molecule has 0 bridgehead atoms. The third-order valence-corrected chi connectivity index (χ3v) is 6.11. The van der Waals surface area contributed by atoms with Gasteiger partial charge >= 0.3 is 0 Å². The van der Waals surface area contributed by atoms with Crippen molar-refractivity contribution >= 4 is 11.7 Å². The summed E-state index contributed by atoms with van der Waals surface area (Å²) in [6.07, 6.45) is 9.21. The van der Waals surface area contributed by atoms with E-state index in [1.165, 1.54) is 24.8 Å². The van der Waals surface area contributed by atoms with Gasteiger partial charge < -0.3 is 9.80 Å². The Bertz CT molecular complexity index is 769. The third-order valence-electron chi connectivity index (χ3n) is 6.11. The molecule has 0 saturated carbocycles. The Kier molecular flexibility index (Phi) is 5.89. The smallest absolute Gasteiger partial charge is 0.274 e. The Morgan fingerprint density at radius 1 is 1.04 bits per heavy atom. The molecule has 148 valence electrons. The highest BCUT2D eigenvalue weighted by Gasteiger charge is 2.24. The Hall–Kier alpha value is -2.43. The molecule has 2 aliphatic rings. The van der Waals surface area contributed by atoms with E-state index >= 15 is 0 Å². The van der Waals surface area contributed by atoms with Crippen molar-refractivity contribution in [3.63, 3.8) is 0 Å². The molecule has 1 aromatic heterocycles. The Balaban J connectivity index is 1.31. The van der Waals surface area contributed by atoms with Crippen LogP contribution in [0.1, 0.15) is 48.7 Å². The van der Waals surface area contributed by atoms with E-state index in [-0.39, 0.29) is 5.91 Å². The molecular weight excluding hydrogens is 348 g/mol. The maximum atomic E-state index is 12.7. The van der Waals surface area contributed by atoms with Crippen molar-refractivity contribution in [1.29, 1.82) is 0 Å². The molecule has 5 nitrogen and oxygen atoms in total. The average Bonchev–Trinajstić information content (AvgIpc) is 2.75. The molecule has 1 unspecified atom stereocenters. The maximum Gasteiger partial charge on any atom is 0.274 e. The lowest BCUT2D eigenvalue weighted by Gasteiger charge is -2.33. The first-order chi connectivity index (χ1) is 13.7. The second kappa shape index (κ2) is 8.72. The van der Waals surface area contributed by atoms with Crippen LogP contribution in [0.4, 0.5) is 5.82 Å². The number of carbonyl (C=O) groups is 1. The molecule has 1 atom stereocenters. The van der Waals surface area contributed by atoms with Crippen LogP contribution < -0.4 is 4.90 Å². The average molecular weight is 379 g/mol. The fraction of sp³-hybridized carbons (Fsp3) is 0.522. The van der Waals surface area contributed by atoms with Crippen LogP contribution in [-0.2, 0) is 6.42 Å². The zero-order chi connectivity index (χ0) is 19.3. The Morgan fingerprint density at radius 2 is 1.82 bits per heavy atom. The van der Waals surface area contributed by atoms with Gasteiger partial charge in [0.15, 0.2) is 0 Å². The van der Waals surface area contributed by atoms with E-state index < -0.39 is 0 Å². The lowest BCUT2D eigenvalue weighted by atomic mass is 9.90. The predicted molar refractivity (Wildman–Crippen MR) is 111 cm³/mol. The van der Waals surface area contributed by atoms with Gasteiger partial charge in [-0.2, -0.15) is 0 Å². The summed E-state index contributed by atoms with van der Waals surface area (Å²) >= 11 is 0. The van der Waals surface area contributed by atoms with Gasteiger partial charge in [0.25, 0.3) is 5.91 Å². The zero-order valence-electron chi connectivity index (χ0n) is 16.8. The molecule has 2 saturated heterocycles. The topological polar surface area (TPSA) is 49.3 Å². The molecule has 1 amide bonds. The summed E-state index contributed by atoms with van der Waals surface area (Å²) in [6, 6.07) is 10.7. The number of likely N-dealkylation sites (tertiary alicyclic amines) is 1. The van der Waals surface area contributed by atoms with E-state index in [0.717, 1.165) is 50.8 Å². The van der Waals surface area contributed by atoms with Crippen molar-refractivity contribution in [2.75, 3.05) is 31.1 Å².